The van der Waals surface area contributed by atoms with Crippen LogP contribution < -0.4 is 0 Å². The molecular formula is C4H9ClO4S. The van der Waals surface area contributed by atoms with Crippen molar-refractivity contribution in [3.8, 4) is 0 Å². The largest absolute Gasteiger partial charge is 0.392 e. The minimum absolute atomic E-state index is 0.309. The Bertz CT molecular complexity index is 185. The normalized spacial score (nSPS) is 18.4. The van der Waals surface area contributed by atoms with Crippen LogP contribution >= 0.6 is 11.6 Å². The summed E-state index contributed by atoms with van der Waals surface area (Å²) in [4.78, 5) is 0. The van der Waals surface area contributed by atoms with E-state index in [1.807, 2.05) is 0 Å². The Morgan fingerprint density at radius 3 is 2.00 bits per heavy atom. The van der Waals surface area contributed by atoms with E-state index in [2.05, 4.69) is 0 Å². The van der Waals surface area contributed by atoms with E-state index in [1.165, 1.54) is 6.92 Å². The highest BCUT2D eigenvalue weighted by molar-refractivity contribution is 7.86. The number of hydrogen-bond acceptors (Lipinski definition) is 3. The summed E-state index contributed by atoms with van der Waals surface area (Å²) in [6.45, 7) is 1.25. The molecule has 0 fully saturated rings. The number of alkyl halides is 1. The molecule has 0 spiro atoms. The van der Waals surface area contributed by atoms with Gasteiger partial charge >= 0.3 is 0 Å². The second-order valence-electron chi connectivity index (χ2n) is 1.95. The molecule has 0 amide bonds. The number of halogens is 1. The van der Waals surface area contributed by atoms with Gasteiger partial charge in [-0.2, -0.15) is 8.42 Å². The molecule has 2 N–H and O–H groups in total. The van der Waals surface area contributed by atoms with E-state index in [1.54, 1.807) is 0 Å². The second-order valence-corrected chi connectivity index (χ2v) is 3.89. The van der Waals surface area contributed by atoms with Crippen LogP contribution in [-0.2, 0) is 10.1 Å². The molecule has 0 aliphatic rings. The zero-order valence-electron chi connectivity index (χ0n) is 5.36. The van der Waals surface area contributed by atoms with Crippen LogP contribution in [0.5, 0.6) is 0 Å². The quantitative estimate of drug-likeness (QED) is 0.478. The van der Waals surface area contributed by atoms with Gasteiger partial charge in [-0.25, -0.2) is 0 Å². The maximum Gasteiger partial charge on any atom is 0.271 e. The van der Waals surface area contributed by atoms with E-state index in [4.69, 9.17) is 21.3 Å². The first-order valence-electron chi connectivity index (χ1n) is 2.60. The first-order chi connectivity index (χ1) is 4.39. The molecule has 2 unspecified atom stereocenters. The van der Waals surface area contributed by atoms with Crippen LogP contribution in [0, 0.1) is 0 Å². The van der Waals surface area contributed by atoms with Gasteiger partial charge in [0.2, 0.25) is 0 Å². The fourth-order valence-electron chi connectivity index (χ4n) is 0.457. The lowest BCUT2D eigenvalue weighted by molar-refractivity contribution is 0.190. The van der Waals surface area contributed by atoms with Gasteiger partial charge in [0.25, 0.3) is 10.1 Å². The maximum absolute atomic E-state index is 10.3. The van der Waals surface area contributed by atoms with Gasteiger partial charge in [0, 0.05) is 5.88 Å². The standard InChI is InChI=1S/C4H9ClO4S/c1-3(6)4(2-5)10(7,8)9/h3-4,6H,2H2,1H3,(H,7,8,9). The van der Waals surface area contributed by atoms with Crippen molar-refractivity contribution in [1.82, 2.24) is 0 Å². The van der Waals surface area contributed by atoms with Crippen molar-refractivity contribution in [2.75, 3.05) is 5.88 Å². The van der Waals surface area contributed by atoms with Crippen molar-refractivity contribution in [2.24, 2.45) is 0 Å². The lowest BCUT2D eigenvalue weighted by Crippen LogP contribution is -2.33. The van der Waals surface area contributed by atoms with Crippen LogP contribution in [0.15, 0.2) is 0 Å². The summed E-state index contributed by atoms with van der Waals surface area (Å²) in [7, 11) is -4.20. The summed E-state index contributed by atoms with van der Waals surface area (Å²) in [5, 5.41) is 7.44. The Balaban J connectivity index is 4.38. The monoisotopic (exact) mass is 188 g/mol. The van der Waals surface area contributed by atoms with Crippen molar-refractivity contribution in [3.63, 3.8) is 0 Å². The molecule has 0 radical (unpaired) electrons. The third-order valence-corrected chi connectivity index (χ3v) is 2.91. The van der Waals surface area contributed by atoms with Gasteiger partial charge < -0.3 is 5.11 Å². The molecule has 0 aromatic carbocycles. The summed E-state index contributed by atoms with van der Waals surface area (Å²) in [6, 6.07) is 0. The van der Waals surface area contributed by atoms with Gasteiger partial charge in [-0.05, 0) is 6.92 Å². The van der Waals surface area contributed by atoms with Gasteiger partial charge in [0.05, 0.1) is 6.10 Å². The van der Waals surface area contributed by atoms with Gasteiger partial charge in [0.1, 0.15) is 5.25 Å². The highest BCUT2D eigenvalue weighted by atomic mass is 35.5. The molecule has 0 aromatic heterocycles. The molecule has 0 saturated carbocycles. The van der Waals surface area contributed by atoms with Crippen LogP contribution in [-0.4, -0.2) is 35.3 Å². The Morgan fingerprint density at radius 1 is 1.60 bits per heavy atom. The minimum Gasteiger partial charge on any atom is -0.392 e. The zero-order chi connectivity index (χ0) is 8.36. The first-order valence-corrected chi connectivity index (χ1v) is 4.63. The molecule has 0 heterocycles. The number of aliphatic hydroxyl groups is 1. The third kappa shape index (κ3) is 2.83. The molecule has 0 aliphatic heterocycles. The minimum atomic E-state index is -4.20. The van der Waals surface area contributed by atoms with E-state index in [0.29, 0.717) is 0 Å². The van der Waals surface area contributed by atoms with Crippen molar-refractivity contribution >= 4 is 21.7 Å². The smallest absolute Gasteiger partial charge is 0.271 e. The van der Waals surface area contributed by atoms with Gasteiger partial charge in [-0.1, -0.05) is 0 Å². The van der Waals surface area contributed by atoms with E-state index in [-0.39, 0.29) is 5.88 Å². The van der Waals surface area contributed by atoms with Crippen molar-refractivity contribution < 1.29 is 18.1 Å². The fourth-order valence-corrected chi connectivity index (χ4v) is 1.85. The van der Waals surface area contributed by atoms with E-state index in [9.17, 15) is 8.42 Å². The molecule has 62 valence electrons. The molecule has 0 saturated heterocycles. The molecule has 6 heteroatoms. The predicted molar refractivity (Wildman–Crippen MR) is 37.7 cm³/mol. The Kier molecular flexibility index (Phi) is 3.58. The SMILES string of the molecule is CC(O)C(CCl)S(=O)(=O)O. The molecule has 2 atom stereocenters. The number of rotatable bonds is 3. The topological polar surface area (TPSA) is 74.6 Å². The van der Waals surface area contributed by atoms with Crippen LogP contribution in [0.2, 0.25) is 0 Å². The summed E-state index contributed by atoms with van der Waals surface area (Å²) in [5.41, 5.74) is 0. The molecular weight excluding hydrogens is 180 g/mol. The zero-order valence-corrected chi connectivity index (χ0v) is 6.93. The van der Waals surface area contributed by atoms with Crippen LogP contribution in [0.4, 0.5) is 0 Å². The lowest BCUT2D eigenvalue weighted by Gasteiger charge is -2.12. The van der Waals surface area contributed by atoms with Crippen LogP contribution in [0.25, 0.3) is 0 Å². The van der Waals surface area contributed by atoms with Crippen LogP contribution in [0.3, 0.4) is 0 Å². The van der Waals surface area contributed by atoms with Gasteiger partial charge in [-0.15, -0.1) is 11.6 Å². The first kappa shape index (κ1) is 10.2. The molecule has 0 bridgehead atoms. The third-order valence-electron chi connectivity index (χ3n) is 1.07. The molecule has 0 aromatic rings. The molecule has 4 nitrogen and oxygen atoms in total. The molecule has 10 heavy (non-hydrogen) atoms. The van der Waals surface area contributed by atoms with Gasteiger partial charge in [0.15, 0.2) is 0 Å². The number of hydrogen-bond donors (Lipinski definition) is 2. The lowest BCUT2D eigenvalue weighted by atomic mass is 10.3. The van der Waals surface area contributed by atoms with Gasteiger partial charge in [-0.3, -0.25) is 4.55 Å². The van der Waals surface area contributed by atoms with Crippen molar-refractivity contribution in [1.29, 1.82) is 0 Å². The van der Waals surface area contributed by atoms with Crippen LogP contribution in [0.1, 0.15) is 6.92 Å². The summed E-state index contributed by atoms with van der Waals surface area (Å²) < 4.78 is 29.0. The van der Waals surface area contributed by atoms with E-state index < -0.39 is 21.5 Å². The molecule has 0 aliphatic carbocycles. The van der Waals surface area contributed by atoms with Crippen molar-refractivity contribution in [2.45, 2.75) is 18.3 Å². The highest BCUT2D eigenvalue weighted by Gasteiger charge is 2.26. The summed E-state index contributed by atoms with van der Waals surface area (Å²) in [5.74, 6) is -0.309. The summed E-state index contributed by atoms with van der Waals surface area (Å²) >= 11 is 5.15. The van der Waals surface area contributed by atoms with E-state index >= 15 is 0 Å². The highest BCUT2D eigenvalue weighted by Crippen LogP contribution is 2.06. The average Bonchev–Trinajstić information content (AvgIpc) is 1.60. The second kappa shape index (κ2) is 3.52. The number of aliphatic hydroxyl groups excluding tert-OH is 1. The Morgan fingerprint density at radius 2 is 2.00 bits per heavy atom. The van der Waals surface area contributed by atoms with Crippen molar-refractivity contribution in [3.05, 3.63) is 0 Å². The predicted octanol–water partition coefficient (Wildman–Crippen LogP) is -0.138. The van der Waals surface area contributed by atoms with E-state index in [0.717, 1.165) is 0 Å². The maximum atomic E-state index is 10.3. The Labute approximate surface area is 64.6 Å². The Hall–Kier alpha value is 0.160. The average molecular weight is 189 g/mol. The summed E-state index contributed by atoms with van der Waals surface area (Å²) in [6.07, 6.45) is -1.15. The molecule has 0 rings (SSSR count). The fraction of sp³-hybridized carbons (Fsp3) is 1.00.